The van der Waals surface area contributed by atoms with E-state index in [4.69, 9.17) is 10.5 Å². The van der Waals surface area contributed by atoms with Gasteiger partial charge in [-0.1, -0.05) is 6.07 Å². The van der Waals surface area contributed by atoms with Crippen LogP contribution in [0.1, 0.15) is 24.8 Å². The van der Waals surface area contributed by atoms with Gasteiger partial charge in [0.1, 0.15) is 0 Å². The molecule has 0 bridgehead atoms. The number of hydrogen-bond donors (Lipinski definition) is 2. The smallest absolute Gasteiger partial charge is 0.224 e. The van der Waals surface area contributed by atoms with Gasteiger partial charge in [0.25, 0.3) is 0 Å². The van der Waals surface area contributed by atoms with Crippen molar-refractivity contribution >= 4 is 17.3 Å². The van der Waals surface area contributed by atoms with E-state index in [0.29, 0.717) is 12.1 Å². The van der Waals surface area contributed by atoms with E-state index >= 15 is 0 Å². The van der Waals surface area contributed by atoms with Crippen LogP contribution in [-0.4, -0.2) is 43.7 Å². The minimum atomic E-state index is 0.0507. The van der Waals surface area contributed by atoms with Gasteiger partial charge in [0, 0.05) is 37.5 Å². The van der Waals surface area contributed by atoms with Gasteiger partial charge in [0.05, 0.1) is 6.61 Å². The van der Waals surface area contributed by atoms with Gasteiger partial charge in [-0.3, -0.25) is 4.79 Å². The number of carbonyl (C=O) groups is 1. The van der Waals surface area contributed by atoms with E-state index in [2.05, 4.69) is 10.2 Å². The molecule has 1 aliphatic heterocycles. The lowest BCUT2D eigenvalue weighted by Gasteiger charge is -2.18. The first-order valence-corrected chi connectivity index (χ1v) is 7.61. The lowest BCUT2D eigenvalue weighted by molar-refractivity contribution is -0.116. The third-order valence-corrected chi connectivity index (χ3v) is 3.73. The third-order valence-electron chi connectivity index (χ3n) is 3.73. The van der Waals surface area contributed by atoms with Crippen LogP contribution in [0.5, 0.6) is 0 Å². The average molecular weight is 291 g/mol. The molecule has 3 N–H and O–H groups in total. The van der Waals surface area contributed by atoms with E-state index in [0.717, 1.165) is 56.9 Å². The van der Waals surface area contributed by atoms with Crippen LogP contribution in [-0.2, 0) is 9.53 Å². The summed E-state index contributed by atoms with van der Waals surface area (Å²) < 4.78 is 5.42. The van der Waals surface area contributed by atoms with Crippen molar-refractivity contribution in [3.05, 3.63) is 23.8 Å². The largest absolute Gasteiger partial charge is 0.399 e. The van der Waals surface area contributed by atoms with Crippen molar-refractivity contribution < 1.29 is 9.53 Å². The standard InChI is InChI=1S/C16H25N3O2/c1-13-5-6-14(17)12-15(13)18-16(20)4-2-7-19-8-3-10-21-11-9-19/h5-6,12H,2-4,7-11,17H2,1H3,(H,18,20). The van der Waals surface area contributed by atoms with E-state index in [1.807, 2.05) is 19.1 Å². The number of nitrogens with two attached hydrogens (primary N) is 1. The maximum Gasteiger partial charge on any atom is 0.224 e. The van der Waals surface area contributed by atoms with Crippen LogP contribution in [0, 0.1) is 6.92 Å². The number of carbonyl (C=O) groups excluding carboxylic acids is 1. The number of amides is 1. The fourth-order valence-corrected chi connectivity index (χ4v) is 2.47. The average Bonchev–Trinajstić information content (AvgIpc) is 2.72. The summed E-state index contributed by atoms with van der Waals surface area (Å²) in [5.74, 6) is 0.0507. The first-order valence-electron chi connectivity index (χ1n) is 7.61. The summed E-state index contributed by atoms with van der Waals surface area (Å²) in [4.78, 5) is 14.4. The number of aryl methyl sites for hydroxylation is 1. The maximum absolute atomic E-state index is 12.0. The molecule has 1 aromatic rings. The van der Waals surface area contributed by atoms with Crippen molar-refractivity contribution in [2.75, 3.05) is 43.9 Å². The normalized spacial score (nSPS) is 16.4. The number of nitrogen functional groups attached to an aromatic ring is 1. The molecule has 1 aromatic carbocycles. The number of hydrogen-bond acceptors (Lipinski definition) is 4. The van der Waals surface area contributed by atoms with Gasteiger partial charge in [-0.05, 0) is 44.0 Å². The van der Waals surface area contributed by atoms with Crippen molar-refractivity contribution in [2.45, 2.75) is 26.2 Å². The molecule has 1 aliphatic rings. The van der Waals surface area contributed by atoms with Crippen molar-refractivity contribution in [3.63, 3.8) is 0 Å². The highest BCUT2D eigenvalue weighted by molar-refractivity contribution is 5.91. The van der Waals surface area contributed by atoms with E-state index in [9.17, 15) is 4.79 Å². The SMILES string of the molecule is Cc1ccc(N)cc1NC(=O)CCCN1CCCOCC1. The Hall–Kier alpha value is -1.59. The zero-order valence-corrected chi connectivity index (χ0v) is 12.7. The Labute approximate surface area is 126 Å². The molecule has 0 spiro atoms. The van der Waals surface area contributed by atoms with Crippen LogP contribution in [0.2, 0.25) is 0 Å². The lowest BCUT2D eigenvalue weighted by Crippen LogP contribution is -2.28. The molecule has 2 rings (SSSR count). The lowest BCUT2D eigenvalue weighted by atomic mass is 10.1. The van der Waals surface area contributed by atoms with Crippen LogP contribution in [0.15, 0.2) is 18.2 Å². The summed E-state index contributed by atoms with van der Waals surface area (Å²) in [5, 5.41) is 2.94. The highest BCUT2D eigenvalue weighted by Crippen LogP contribution is 2.18. The molecule has 0 radical (unpaired) electrons. The topological polar surface area (TPSA) is 67.6 Å². The van der Waals surface area contributed by atoms with E-state index in [1.165, 1.54) is 0 Å². The molecule has 0 aliphatic carbocycles. The molecule has 0 aromatic heterocycles. The third kappa shape index (κ3) is 5.36. The second-order valence-electron chi connectivity index (χ2n) is 5.53. The van der Waals surface area contributed by atoms with Gasteiger partial charge in [0.15, 0.2) is 0 Å². The molecule has 21 heavy (non-hydrogen) atoms. The molecular weight excluding hydrogens is 266 g/mol. The molecule has 5 heteroatoms. The summed E-state index contributed by atoms with van der Waals surface area (Å²) in [6.07, 6.45) is 2.48. The van der Waals surface area contributed by atoms with E-state index in [-0.39, 0.29) is 5.91 Å². The van der Waals surface area contributed by atoms with Crippen LogP contribution in [0.25, 0.3) is 0 Å². The summed E-state index contributed by atoms with van der Waals surface area (Å²) in [5.41, 5.74) is 8.25. The molecule has 1 heterocycles. The fraction of sp³-hybridized carbons (Fsp3) is 0.562. The Bertz CT molecular complexity index is 469. The first kappa shape index (κ1) is 15.8. The number of nitrogens with one attached hydrogen (secondary N) is 1. The summed E-state index contributed by atoms with van der Waals surface area (Å²) >= 11 is 0. The Balaban J connectivity index is 1.73. The van der Waals surface area contributed by atoms with Gasteiger partial charge < -0.3 is 20.7 Å². The highest BCUT2D eigenvalue weighted by Gasteiger charge is 2.10. The van der Waals surface area contributed by atoms with E-state index in [1.54, 1.807) is 6.07 Å². The molecule has 0 saturated carbocycles. The molecular formula is C16H25N3O2. The number of nitrogens with zero attached hydrogens (tertiary/aromatic N) is 1. The van der Waals surface area contributed by atoms with Gasteiger partial charge in [-0.25, -0.2) is 0 Å². The Kier molecular flexibility index (Phi) is 6.02. The predicted molar refractivity (Wildman–Crippen MR) is 85.3 cm³/mol. The van der Waals surface area contributed by atoms with Crippen LogP contribution < -0.4 is 11.1 Å². The Morgan fingerprint density at radius 3 is 3.10 bits per heavy atom. The first-order chi connectivity index (χ1) is 10.1. The Morgan fingerprint density at radius 1 is 1.38 bits per heavy atom. The minimum absolute atomic E-state index is 0.0507. The molecule has 0 atom stereocenters. The number of ether oxygens (including phenoxy) is 1. The predicted octanol–water partition coefficient (Wildman–Crippen LogP) is 2.02. The highest BCUT2D eigenvalue weighted by atomic mass is 16.5. The summed E-state index contributed by atoms with van der Waals surface area (Å²) in [7, 11) is 0. The Morgan fingerprint density at radius 2 is 2.24 bits per heavy atom. The zero-order chi connectivity index (χ0) is 15.1. The molecule has 0 unspecified atom stereocenters. The molecule has 5 nitrogen and oxygen atoms in total. The second-order valence-corrected chi connectivity index (χ2v) is 5.53. The van der Waals surface area contributed by atoms with Gasteiger partial charge in [0.2, 0.25) is 5.91 Å². The van der Waals surface area contributed by atoms with Crippen LogP contribution in [0.3, 0.4) is 0 Å². The maximum atomic E-state index is 12.0. The van der Waals surface area contributed by atoms with Crippen molar-refractivity contribution in [3.8, 4) is 0 Å². The fourth-order valence-electron chi connectivity index (χ4n) is 2.47. The number of rotatable bonds is 5. The van der Waals surface area contributed by atoms with Crippen molar-refractivity contribution in [1.29, 1.82) is 0 Å². The van der Waals surface area contributed by atoms with Crippen LogP contribution >= 0.6 is 0 Å². The molecule has 1 saturated heterocycles. The van der Waals surface area contributed by atoms with Crippen molar-refractivity contribution in [1.82, 2.24) is 4.90 Å². The minimum Gasteiger partial charge on any atom is -0.399 e. The second kappa shape index (κ2) is 8.00. The summed E-state index contributed by atoms with van der Waals surface area (Å²) in [6.45, 7) is 6.60. The molecule has 1 amide bonds. The quantitative estimate of drug-likeness (QED) is 0.814. The number of benzene rings is 1. The van der Waals surface area contributed by atoms with Crippen LogP contribution in [0.4, 0.5) is 11.4 Å². The monoisotopic (exact) mass is 291 g/mol. The van der Waals surface area contributed by atoms with Crippen molar-refractivity contribution in [2.24, 2.45) is 0 Å². The van der Waals surface area contributed by atoms with Gasteiger partial charge >= 0.3 is 0 Å². The van der Waals surface area contributed by atoms with Gasteiger partial charge in [-0.15, -0.1) is 0 Å². The molecule has 116 valence electrons. The van der Waals surface area contributed by atoms with E-state index < -0.39 is 0 Å². The number of anilines is 2. The molecule has 1 fully saturated rings. The zero-order valence-electron chi connectivity index (χ0n) is 12.7. The van der Waals surface area contributed by atoms with Gasteiger partial charge in [-0.2, -0.15) is 0 Å². The summed E-state index contributed by atoms with van der Waals surface area (Å²) in [6, 6.07) is 5.56.